The van der Waals surface area contributed by atoms with Gasteiger partial charge >= 0.3 is 0 Å². The number of benzene rings is 6. The minimum atomic E-state index is 0.935. The number of pyridine rings is 1. The lowest BCUT2D eigenvalue weighted by molar-refractivity contribution is 1.15. The third kappa shape index (κ3) is 2.99. The highest BCUT2D eigenvalue weighted by Gasteiger charge is 2.34. The van der Waals surface area contributed by atoms with Gasteiger partial charge < -0.3 is 4.90 Å². The Labute approximate surface area is 220 Å². The molecule has 0 fully saturated rings. The van der Waals surface area contributed by atoms with E-state index in [1.807, 2.05) is 6.20 Å². The van der Waals surface area contributed by atoms with E-state index >= 15 is 0 Å². The molecular formula is C35H23N3. The van der Waals surface area contributed by atoms with Gasteiger partial charge in [0.05, 0.1) is 22.7 Å². The van der Waals surface area contributed by atoms with Gasteiger partial charge in [-0.15, -0.1) is 0 Å². The average Bonchev–Trinajstić information content (AvgIpc) is 3.00. The predicted molar refractivity (Wildman–Crippen MR) is 160 cm³/mol. The van der Waals surface area contributed by atoms with Crippen LogP contribution in [0, 0.1) is 0 Å². The molecule has 0 radical (unpaired) electrons. The monoisotopic (exact) mass is 485 g/mol. The van der Waals surface area contributed by atoms with Crippen LogP contribution in [0.5, 0.6) is 0 Å². The van der Waals surface area contributed by atoms with Gasteiger partial charge in [-0.05, 0) is 46.5 Å². The molecule has 6 aromatic carbocycles. The summed E-state index contributed by atoms with van der Waals surface area (Å²) in [6.45, 7) is 0. The third-order valence-electron chi connectivity index (χ3n) is 7.57. The van der Waals surface area contributed by atoms with Gasteiger partial charge in [-0.2, -0.15) is 0 Å². The van der Waals surface area contributed by atoms with Gasteiger partial charge in [0.25, 0.3) is 0 Å². The molecule has 0 bridgehead atoms. The average molecular weight is 486 g/mol. The molecule has 0 N–H and O–H groups in total. The number of aromatic nitrogens is 1. The Balaban J connectivity index is 1.57. The minimum absolute atomic E-state index is 0.935. The Kier molecular flexibility index (Phi) is 4.52. The van der Waals surface area contributed by atoms with E-state index in [-0.39, 0.29) is 0 Å². The number of hydrogen-bond donors (Lipinski definition) is 0. The zero-order valence-corrected chi connectivity index (χ0v) is 20.6. The minimum Gasteiger partial charge on any atom is -0.306 e. The molecule has 3 nitrogen and oxygen atoms in total. The van der Waals surface area contributed by atoms with Crippen LogP contribution in [0.1, 0.15) is 0 Å². The summed E-state index contributed by atoms with van der Waals surface area (Å²) < 4.78 is 0. The molecule has 0 saturated heterocycles. The number of anilines is 6. The van der Waals surface area contributed by atoms with Crippen LogP contribution in [0.4, 0.5) is 34.3 Å². The lowest BCUT2D eigenvalue weighted by atomic mass is 9.97. The van der Waals surface area contributed by atoms with E-state index < -0.39 is 0 Å². The second kappa shape index (κ2) is 8.19. The van der Waals surface area contributed by atoms with Crippen LogP contribution >= 0.6 is 0 Å². The number of hydrogen-bond acceptors (Lipinski definition) is 3. The number of para-hydroxylation sites is 1. The van der Waals surface area contributed by atoms with Crippen molar-refractivity contribution in [3.8, 4) is 0 Å². The summed E-state index contributed by atoms with van der Waals surface area (Å²) in [5.74, 6) is 0.935. The van der Waals surface area contributed by atoms with Gasteiger partial charge in [0, 0.05) is 28.0 Å². The van der Waals surface area contributed by atoms with Crippen molar-refractivity contribution in [2.45, 2.75) is 0 Å². The van der Waals surface area contributed by atoms with Crippen LogP contribution in [-0.2, 0) is 0 Å². The van der Waals surface area contributed by atoms with Gasteiger partial charge in [-0.1, -0.05) is 103 Å². The second-order valence-electron chi connectivity index (χ2n) is 9.67. The van der Waals surface area contributed by atoms with Gasteiger partial charge in [0.15, 0.2) is 0 Å². The fraction of sp³-hybridized carbons (Fsp3) is 0. The molecule has 3 heteroatoms. The molecule has 1 aliphatic heterocycles. The molecule has 1 aromatic heterocycles. The van der Waals surface area contributed by atoms with E-state index in [2.05, 4.69) is 143 Å². The van der Waals surface area contributed by atoms with E-state index in [0.717, 1.165) is 39.6 Å². The van der Waals surface area contributed by atoms with E-state index in [1.165, 1.54) is 26.9 Å². The smallest absolute Gasteiger partial charge is 0.145 e. The van der Waals surface area contributed by atoms with Gasteiger partial charge in [0.2, 0.25) is 0 Å². The topological polar surface area (TPSA) is 19.4 Å². The fourth-order valence-corrected chi connectivity index (χ4v) is 5.91. The zero-order chi connectivity index (χ0) is 25.1. The van der Waals surface area contributed by atoms with E-state index in [1.54, 1.807) is 0 Å². The number of fused-ring (bicyclic) bond motifs is 7. The largest absolute Gasteiger partial charge is 0.306 e. The van der Waals surface area contributed by atoms with Crippen LogP contribution in [0.2, 0.25) is 0 Å². The molecule has 2 heterocycles. The summed E-state index contributed by atoms with van der Waals surface area (Å²) >= 11 is 0. The second-order valence-corrected chi connectivity index (χ2v) is 9.67. The maximum atomic E-state index is 5.02. The highest BCUT2D eigenvalue weighted by atomic mass is 15.3. The van der Waals surface area contributed by atoms with Crippen LogP contribution in [0.25, 0.3) is 32.3 Å². The van der Waals surface area contributed by atoms with Crippen molar-refractivity contribution >= 4 is 66.6 Å². The normalized spacial score (nSPS) is 12.6. The van der Waals surface area contributed by atoms with Crippen LogP contribution in [-0.4, -0.2) is 4.98 Å². The molecular weight excluding hydrogens is 462 g/mol. The summed E-state index contributed by atoms with van der Waals surface area (Å²) in [4.78, 5) is 9.81. The Morgan fingerprint density at radius 2 is 0.895 bits per heavy atom. The molecule has 0 saturated carbocycles. The molecule has 0 amide bonds. The highest BCUT2D eigenvalue weighted by molar-refractivity contribution is 6.18. The first-order chi connectivity index (χ1) is 18.9. The maximum absolute atomic E-state index is 5.02. The van der Waals surface area contributed by atoms with E-state index in [9.17, 15) is 0 Å². The Morgan fingerprint density at radius 1 is 0.395 bits per heavy atom. The molecule has 0 aliphatic carbocycles. The van der Waals surface area contributed by atoms with Crippen molar-refractivity contribution in [3.05, 3.63) is 140 Å². The Hall–Kier alpha value is -5.15. The van der Waals surface area contributed by atoms with Crippen molar-refractivity contribution in [2.75, 3.05) is 9.80 Å². The van der Waals surface area contributed by atoms with E-state index in [4.69, 9.17) is 4.98 Å². The van der Waals surface area contributed by atoms with Crippen molar-refractivity contribution in [3.63, 3.8) is 0 Å². The number of nitrogens with zero attached hydrogens (tertiary/aromatic N) is 3. The lowest BCUT2D eigenvalue weighted by Gasteiger charge is -2.41. The van der Waals surface area contributed by atoms with Gasteiger partial charge in [-0.3, -0.25) is 4.90 Å². The van der Waals surface area contributed by atoms with Crippen molar-refractivity contribution in [1.82, 2.24) is 4.98 Å². The molecule has 0 spiro atoms. The SMILES string of the molecule is c1ccc(N2c3ccc4ccccc4c3N(c3nccc4ccccc34)c3ccc4ccccc4c32)cc1. The quantitative estimate of drug-likeness (QED) is 0.243. The maximum Gasteiger partial charge on any atom is 0.145 e. The summed E-state index contributed by atoms with van der Waals surface area (Å²) in [6.07, 6.45) is 1.92. The molecule has 0 atom stereocenters. The van der Waals surface area contributed by atoms with Crippen molar-refractivity contribution in [2.24, 2.45) is 0 Å². The summed E-state index contributed by atoms with van der Waals surface area (Å²) in [7, 11) is 0. The van der Waals surface area contributed by atoms with Crippen molar-refractivity contribution < 1.29 is 0 Å². The Morgan fingerprint density at radius 3 is 1.55 bits per heavy atom. The fourth-order valence-electron chi connectivity index (χ4n) is 5.91. The van der Waals surface area contributed by atoms with Gasteiger partial charge in [0.1, 0.15) is 5.82 Å². The van der Waals surface area contributed by atoms with Crippen molar-refractivity contribution in [1.29, 1.82) is 0 Å². The molecule has 8 rings (SSSR count). The molecule has 178 valence electrons. The number of rotatable bonds is 2. The third-order valence-corrected chi connectivity index (χ3v) is 7.57. The zero-order valence-electron chi connectivity index (χ0n) is 20.6. The van der Waals surface area contributed by atoms with Crippen LogP contribution in [0.3, 0.4) is 0 Å². The molecule has 38 heavy (non-hydrogen) atoms. The molecule has 0 unspecified atom stereocenters. The highest BCUT2D eigenvalue weighted by Crippen LogP contribution is 2.58. The first-order valence-corrected chi connectivity index (χ1v) is 12.9. The van der Waals surface area contributed by atoms with Crippen LogP contribution in [0.15, 0.2) is 140 Å². The molecule has 1 aliphatic rings. The summed E-state index contributed by atoms with van der Waals surface area (Å²) in [6, 6.07) is 47.5. The lowest BCUT2D eigenvalue weighted by Crippen LogP contribution is -2.25. The van der Waals surface area contributed by atoms with E-state index in [0.29, 0.717) is 0 Å². The van der Waals surface area contributed by atoms with Crippen LogP contribution < -0.4 is 9.80 Å². The summed E-state index contributed by atoms with van der Waals surface area (Å²) in [5, 5.41) is 7.11. The Bertz CT molecular complexity index is 1990. The summed E-state index contributed by atoms with van der Waals surface area (Å²) in [5.41, 5.74) is 5.67. The molecule has 7 aromatic rings. The van der Waals surface area contributed by atoms with Gasteiger partial charge in [-0.25, -0.2) is 4.98 Å². The first kappa shape index (κ1) is 21.0. The first-order valence-electron chi connectivity index (χ1n) is 12.9. The standard InChI is InChI=1S/C35H23N3/c1-2-13-27(14-3-1)37-31-20-18-25-11-5-8-16-29(25)34(31)38(35-30-17-9-6-12-26(30)22-23-36-35)32-21-19-24-10-4-7-15-28(24)33(32)37/h1-23H. The predicted octanol–water partition coefficient (Wildman–Crippen LogP) is 9.79.